The second kappa shape index (κ2) is 11.1. The molecule has 1 atom stereocenters. The van der Waals surface area contributed by atoms with Crippen LogP contribution >= 0.6 is 0 Å². The summed E-state index contributed by atoms with van der Waals surface area (Å²) in [6, 6.07) is 17.9. The van der Waals surface area contributed by atoms with Gasteiger partial charge in [-0.25, -0.2) is 13.2 Å². The predicted octanol–water partition coefficient (Wildman–Crippen LogP) is 2.11. The van der Waals surface area contributed by atoms with E-state index in [1.807, 2.05) is 60.7 Å². The molecule has 1 unspecified atom stereocenters. The Morgan fingerprint density at radius 1 is 1.03 bits per heavy atom. The molecule has 0 radical (unpaired) electrons. The highest BCUT2D eigenvalue weighted by Crippen LogP contribution is 2.27. The van der Waals surface area contributed by atoms with Crippen molar-refractivity contribution in [3.63, 3.8) is 0 Å². The minimum Gasteiger partial charge on any atom is -0.354 e. The van der Waals surface area contributed by atoms with Crippen molar-refractivity contribution in [1.82, 2.24) is 19.8 Å². The molecule has 0 aliphatic carbocycles. The number of carbonyl (C=O) groups is 2. The Morgan fingerprint density at radius 2 is 1.69 bits per heavy atom. The van der Waals surface area contributed by atoms with Gasteiger partial charge in [0.05, 0.1) is 12.3 Å². The molecule has 1 aliphatic rings. The first-order chi connectivity index (χ1) is 15.3. The van der Waals surface area contributed by atoms with E-state index >= 15 is 0 Å². The van der Waals surface area contributed by atoms with E-state index in [0.717, 1.165) is 17.4 Å². The van der Waals surface area contributed by atoms with Gasteiger partial charge >= 0.3 is 6.03 Å². The summed E-state index contributed by atoms with van der Waals surface area (Å²) in [6.45, 7) is 1.64. The lowest BCUT2D eigenvalue weighted by atomic mass is 10.0. The second-order valence-corrected chi connectivity index (χ2v) is 9.77. The third-order valence-corrected chi connectivity index (χ3v) is 6.71. The predicted molar refractivity (Wildman–Crippen MR) is 123 cm³/mol. The number of nitrogens with zero attached hydrogens (tertiary/aromatic N) is 2. The van der Waals surface area contributed by atoms with Crippen molar-refractivity contribution in [2.75, 3.05) is 32.4 Å². The number of hydrogen-bond acceptors (Lipinski definition) is 4. The summed E-state index contributed by atoms with van der Waals surface area (Å²) in [7, 11) is -3.58. The topological polar surface area (TPSA) is 98.8 Å². The molecular weight excluding hydrogens is 428 g/mol. The fourth-order valence-corrected chi connectivity index (χ4v) is 4.93. The summed E-state index contributed by atoms with van der Waals surface area (Å²) in [4.78, 5) is 27.0. The Balaban J connectivity index is 1.73. The molecule has 2 aromatic rings. The van der Waals surface area contributed by atoms with Crippen LogP contribution in [0.4, 0.5) is 4.79 Å². The quantitative estimate of drug-likeness (QED) is 0.733. The van der Waals surface area contributed by atoms with Gasteiger partial charge < -0.3 is 15.5 Å². The molecule has 3 rings (SSSR count). The summed E-state index contributed by atoms with van der Waals surface area (Å²) in [6.07, 6.45) is 1.64. The zero-order chi connectivity index (χ0) is 23.0. The van der Waals surface area contributed by atoms with Crippen LogP contribution in [0.15, 0.2) is 60.7 Å². The van der Waals surface area contributed by atoms with Crippen molar-refractivity contribution < 1.29 is 18.0 Å². The number of benzene rings is 2. The Hall–Kier alpha value is -2.91. The molecule has 9 heteroatoms. The maximum atomic E-state index is 12.7. The van der Waals surface area contributed by atoms with E-state index in [-0.39, 0.29) is 24.9 Å². The molecule has 1 heterocycles. The van der Waals surface area contributed by atoms with Gasteiger partial charge in [-0.05, 0) is 17.5 Å². The van der Waals surface area contributed by atoms with E-state index in [1.165, 1.54) is 4.31 Å². The van der Waals surface area contributed by atoms with Gasteiger partial charge in [0, 0.05) is 39.1 Å². The van der Waals surface area contributed by atoms with Gasteiger partial charge in [0.25, 0.3) is 0 Å². The monoisotopic (exact) mass is 458 g/mol. The largest absolute Gasteiger partial charge is 0.354 e. The molecule has 0 aromatic heterocycles. The number of rotatable bonds is 4. The Morgan fingerprint density at radius 3 is 2.34 bits per heavy atom. The number of sulfonamides is 1. The molecule has 1 saturated heterocycles. The average Bonchev–Trinajstić information content (AvgIpc) is 2.82. The third-order valence-electron chi connectivity index (χ3n) is 5.42. The van der Waals surface area contributed by atoms with E-state index < -0.39 is 16.1 Å². The smallest absolute Gasteiger partial charge is 0.317 e. The van der Waals surface area contributed by atoms with Crippen LogP contribution in [0.2, 0.25) is 0 Å². The molecule has 0 saturated carbocycles. The molecule has 2 aromatic carbocycles. The minimum atomic E-state index is -3.58. The van der Waals surface area contributed by atoms with Crippen LogP contribution in [0.3, 0.4) is 0 Å². The van der Waals surface area contributed by atoms with E-state index in [0.29, 0.717) is 32.6 Å². The molecule has 2 N–H and O–H groups in total. The van der Waals surface area contributed by atoms with Crippen molar-refractivity contribution in [3.8, 4) is 0 Å². The van der Waals surface area contributed by atoms with Gasteiger partial charge in [0.1, 0.15) is 0 Å². The van der Waals surface area contributed by atoms with Crippen molar-refractivity contribution in [3.05, 3.63) is 71.8 Å². The molecular formula is C23H30N4O4S. The second-order valence-electron chi connectivity index (χ2n) is 7.84. The van der Waals surface area contributed by atoms with Crippen molar-refractivity contribution >= 4 is 22.0 Å². The molecule has 32 heavy (non-hydrogen) atoms. The average molecular weight is 459 g/mol. The van der Waals surface area contributed by atoms with Crippen LogP contribution in [0.1, 0.15) is 30.0 Å². The summed E-state index contributed by atoms with van der Waals surface area (Å²) in [5.41, 5.74) is 1.76. The zero-order valence-electron chi connectivity index (χ0n) is 18.2. The maximum Gasteiger partial charge on any atom is 0.317 e. The standard InChI is InChI=1S/C23H30N4O4S/c1-32(30,31)27-15-8-14-26(23(29)25-18-19-9-4-2-5-10-19)16-13-24-22(28)17-21(27)20-11-6-3-7-12-20/h2-7,9-12,21H,8,13-18H2,1H3,(H,24,28)(H,25,29). The Kier molecular flexibility index (Phi) is 8.24. The lowest BCUT2D eigenvalue weighted by molar-refractivity contribution is -0.122. The van der Waals surface area contributed by atoms with Gasteiger partial charge in [-0.15, -0.1) is 0 Å². The number of nitrogens with one attached hydrogen (secondary N) is 2. The fourth-order valence-electron chi connectivity index (χ4n) is 3.81. The molecule has 0 bridgehead atoms. The van der Waals surface area contributed by atoms with Gasteiger partial charge in [-0.3, -0.25) is 4.79 Å². The normalized spacial score (nSPS) is 19.0. The fraction of sp³-hybridized carbons (Fsp3) is 0.391. The van der Waals surface area contributed by atoms with E-state index in [1.54, 1.807) is 4.90 Å². The first-order valence-electron chi connectivity index (χ1n) is 10.7. The van der Waals surface area contributed by atoms with Crippen LogP contribution in [0.5, 0.6) is 0 Å². The third kappa shape index (κ3) is 6.80. The summed E-state index contributed by atoms with van der Waals surface area (Å²) in [5, 5.41) is 5.73. The van der Waals surface area contributed by atoms with E-state index in [4.69, 9.17) is 0 Å². The number of amides is 3. The minimum absolute atomic E-state index is 0.0251. The first kappa shape index (κ1) is 23.7. The van der Waals surface area contributed by atoms with Crippen LogP contribution in [0.25, 0.3) is 0 Å². The Bertz CT molecular complexity index is 999. The Labute approximate surface area is 189 Å². The van der Waals surface area contributed by atoms with Crippen LogP contribution < -0.4 is 10.6 Å². The van der Waals surface area contributed by atoms with Gasteiger partial charge in [-0.2, -0.15) is 4.31 Å². The van der Waals surface area contributed by atoms with Crippen LogP contribution in [-0.4, -0.2) is 62.0 Å². The molecule has 0 spiro atoms. The summed E-state index contributed by atoms with van der Waals surface area (Å²) < 4.78 is 26.6. The highest BCUT2D eigenvalue weighted by atomic mass is 32.2. The van der Waals surface area contributed by atoms with Crippen molar-refractivity contribution in [1.29, 1.82) is 0 Å². The lowest BCUT2D eigenvalue weighted by Crippen LogP contribution is -2.44. The summed E-state index contributed by atoms with van der Waals surface area (Å²) in [5.74, 6) is -0.251. The van der Waals surface area contributed by atoms with Gasteiger partial charge in [-0.1, -0.05) is 60.7 Å². The molecule has 1 aliphatic heterocycles. The zero-order valence-corrected chi connectivity index (χ0v) is 19.1. The lowest BCUT2D eigenvalue weighted by Gasteiger charge is -2.30. The van der Waals surface area contributed by atoms with Gasteiger partial charge in [0.2, 0.25) is 15.9 Å². The molecule has 8 nitrogen and oxygen atoms in total. The van der Waals surface area contributed by atoms with Crippen LogP contribution in [0, 0.1) is 0 Å². The van der Waals surface area contributed by atoms with Crippen molar-refractivity contribution in [2.45, 2.75) is 25.4 Å². The molecule has 3 amide bonds. The van der Waals surface area contributed by atoms with Gasteiger partial charge in [0.15, 0.2) is 0 Å². The highest BCUT2D eigenvalue weighted by molar-refractivity contribution is 7.88. The van der Waals surface area contributed by atoms with Crippen molar-refractivity contribution in [2.24, 2.45) is 0 Å². The number of urea groups is 1. The van der Waals surface area contributed by atoms with E-state index in [2.05, 4.69) is 10.6 Å². The SMILES string of the molecule is CS(=O)(=O)N1CCCN(C(=O)NCc2ccccc2)CCNC(=O)CC1c1ccccc1. The summed E-state index contributed by atoms with van der Waals surface area (Å²) >= 11 is 0. The maximum absolute atomic E-state index is 12.7. The number of hydrogen-bond donors (Lipinski definition) is 2. The van der Waals surface area contributed by atoms with Crippen LogP contribution in [-0.2, 0) is 21.4 Å². The first-order valence-corrected chi connectivity index (χ1v) is 12.5. The number of carbonyl (C=O) groups excluding carboxylic acids is 2. The van der Waals surface area contributed by atoms with E-state index in [9.17, 15) is 18.0 Å². The highest BCUT2D eigenvalue weighted by Gasteiger charge is 2.30. The molecule has 172 valence electrons. The molecule has 1 fully saturated rings.